The van der Waals surface area contributed by atoms with E-state index in [0.717, 1.165) is 10.9 Å². The second-order valence-electron chi connectivity index (χ2n) is 4.55. The van der Waals surface area contributed by atoms with Gasteiger partial charge in [-0.2, -0.15) is 0 Å². The highest BCUT2D eigenvalue weighted by Gasteiger charge is 2.23. The normalized spacial score (nSPS) is 12.3. The van der Waals surface area contributed by atoms with Crippen LogP contribution in [0.25, 0.3) is 10.9 Å². The highest BCUT2D eigenvalue weighted by Crippen LogP contribution is 2.21. The largest absolute Gasteiger partial charge is 0.480 e. The third-order valence-corrected chi connectivity index (χ3v) is 3.14. The summed E-state index contributed by atoms with van der Waals surface area (Å²) in [7, 11) is 0. The molecular formula is C14H16N2O4. The second-order valence-corrected chi connectivity index (χ2v) is 4.55. The minimum absolute atomic E-state index is 0.0253. The number of fused-ring (bicyclic) bond motifs is 1. The van der Waals surface area contributed by atoms with Gasteiger partial charge in [-0.3, -0.25) is 4.79 Å². The molecule has 1 aromatic heterocycles. The van der Waals surface area contributed by atoms with Gasteiger partial charge in [0.1, 0.15) is 6.04 Å². The standard InChI is InChI=1S/C14H16N2O4/c1-8-12(9-4-2-3-5-10(9)15-8)13(18)16-11(6-7-17)14(19)20/h2-5,11,15,17H,6-7H2,1H3,(H,16,18)(H,19,20)/t11-/m1/s1. The van der Waals surface area contributed by atoms with Gasteiger partial charge in [-0.25, -0.2) is 4.79 Å². The molecule has 0 aliphatic carbocycles. The number of H-pyrrole nitrogens is 1. The number of amides is 1. The minimum atomic E-state index is -1.16. The quantitative estimate of drug-likeness (QED) is 0.655. The summed E-state index contributed by atoms with van der Waals surface area (Å²) in [5.74, 6) is -1.62. The van der Waals surface area contributed by atoms with E-state index in [9.17, 15) is 9.59 Å². The molecule has 2 aromatic rings. The van der Waals surface area contributed by atoms with Crippen LogP contribution in [-0.2, 0) is 4.79 Å². The van der Waals surface area contributed by atoms with Crippen LogP contribution in [-0.4, -0.2) is 39.7 Å². The Kier molecular flexibility index (Phi) is 4.05. The van der Waals surface area contributed by atoms with Crippen LogP contribution < -0.4 is 5.32 Å². The first-order chi connectivity index (χ1) is 9.54. The first kappa shape index (κ1) is 14.1. The van der Waals surface area contributed by atoms with Gasteiger partial charge in [0.25, 0.3) is 5.91 Å². The molecular weight excluding hydrogens is 260 g/mol. The molecule has 0 aliphatic rings. The number of aryl methyl sites for hydroxylation is 1. The van der Waals surface area contributed by atoms with Crippen LogP contribution in [0.15, 0.2) is 24.3 Å². The van der Waals surface area contributed by atoms with Crippen LogP contribution in [0.2, 0.25) is 0 Å². The summed E-state index contributed by atoms with van der Waals surface area (Å²) >= 11 is 0. The van der Waals surface area contributed by atoms with E-state index in [2.05, 4.69) is 10.3 Å². The van der Waals surface area contributed by atoms with E-state index in [-0.39, 0.29) is 13.0 Å². The molecule has 20 heavy (non-hydrogen) atoms. The van der Waals surface area contributed by atoms with Gasteiger partial charge in [0.15, 0.2) is 0 Å². The van der Waals surface area contributed by atoms with Gasteiger partial charge in [-0.1, -0.05) is 18.2 Å². The van der Waals surface area contributed by atoms with E-state index >= 15 is 0 Å². The zero-order valence-electron chi connectivity index (χ0n) is 11.0. The number of carboxylic acid groups (broad SMARTS) is 1. The van der Waals surface area contributed by atoms with E-state index in [1.807, 2.05) is 18.2 Å². The predicted molar refractivity (Wildman–Crippen MR) is 73.6 cm³/mol. The number of aliphatic hydroxyl groups excluding tert-OH is 1. The number of aromatic amines is 1. The molecule has 1 heterocycles. The van der Waals surface area contributed by atoms with Gasteiger partial charge in [0.05, 0.1) is 5.56 Å². The lowest BCUT2D eigenvalue weighted by Crippen LogP contribution is -2.41. The zero-order valence-corrected chi connectivity index (χ0v) is 11.0. The van der Waals surface area contributed by atoms with Gasteiger partial charge < -0.3 is 20.5 Å². The number of aliphatic carboxylic acids is 1. The molecule has 1 aromatic carbocycles. The maximum absolute atomic E-state index is 12.3. The minimum Gasteiger partial charge on any atom is -0.480 e. The van der Waals surface area contributed by atoms with Crippen molar-refractivity contribution >= 4 is 22.8 Å². The lowest BCUT2D eigenvalue weighted by molar-refractivity contribution is -0.139. The average Bonchev–Trinajstić information content (AvgIpc) is 2.73. The molecule has 0 saturated heterocycles. The highest BCUT2D eigenvalue weighted by molar-refractivity contribution is 6.08. The van der Waals surface area contributed by atoms with Crippen LogP contribution in [0, 0.1) is 6.92 Å². The van der Waals surface area contributed by atoms with Crippen molar-refractivity contribution in [3.63, 3.8) is 0 Å². The number of hydrogen-bond acceptors (Lipinski definition) is 3. The van der Waals surface area contributed by atoms with E-state index in [0.29, 0.717) is 11.3 Å². The predicted octanol–water partition coefficient (Wildman–Crippen LogP) is 1.04. The maximum Gasteiger partial charge on any atom is 0.326 e. The molecule has 2 rings (SSSR count). The van der Waals surface area contributed by atoms with Crippen LogP contribution in [0.1, 0.15) is 22.5 Å². The SMILES string of the molecule is Cc1[nH]c2ccccc2c1C(=O)N[C@H](CCO)C(=O)O. The van der Waals surface area contributed by atoms with Gasteiger partial charge in [-0.15, -0.1) is 0 Å². The Morgan fingerprint density at radius 3 is 2.70 bits per heavy atom. The molecule has 1 amide bonds. The van der Waals surface area contributed by atoms with Crippen LogP contribution >= 0.6 is 0 Å². The van der Waals surface area contributed by atoms with Crippen molar-refractivity contribution in [3.05, 3.63) is 35.5 Å². The summed E-state index contributed by atoms with van der Waals surface area (Å²) in [5.41, 5.74) is 1.94. The summed E-state index contributed by atoms with van der Waals surface area (Å²) in [4.78, 5) is 26.3. The maximum atomic E-state index is 12.3. The van der Waals surface area contributed by atoms with Crippen molar-refractivity contribution in [2.45, 2.75) is 19.4 Å². The summed E-state index contributed by atoms with van der Waals surface area (Å²) in [5, 5.41) is 21.0. The molecule has 0 radical (unpaired) electrons. The Hall–Kier alpha value is -2.34. The lowest BCUT2D eigenvalue weighted by atomic mass is 10.1. The first-order valence-corrected chi connectivity index (χ1v) is 6.26. The lowest BCUT2D eigenvalue weighted by Gasteiger charge is -2.13. The third-order valence-electron chi connectivity index (χ3n) is 3.14. The van der Waals surface area contributed by atoms with Crippen LogP contribution in [0.4, 0.5) is 0 Å². The molecule has 106 valence electrons. The number of aromatic nitrogens is 1. The number of para-hydroxylation sites is 1. The number of carbonyl (C=O) groups is 2. The Morgan fingerprint density at radius 1 is 1.35 bits per heavy atom. The number of rotatable bonds is 5. The highest BCUT2D eigenvalue weighted by atomic mass is 16.4. The Bertz CT molecular complexity index is 648. The number of aliphatic hydroxyl groups is 1. The monoisotopic (exact) mass is 276 g/mol. The number of carboxylic acids is 1. The molecule has 4 N–H and O–H groups in total. The van der Waals surface area contributed by atoms with Gasteiger partial charge in [0.2, 0.25) is 0 Å². The number of benzene rings is 1. The van der Waals surface area contributed by atoms with E-state index < -0.39 is 17.9 Å². The van der Waals surface area contributed by atoms with E-state index in [4.69, 9.17) is 10.2 Å². The van der Waals surface area contributed by atoms with E-state index in [1.54, 1.807) is 13.0 Å². The Labute approximate surface area is 115 Å². The third kappa shape index (κ3) is 2.65. The number of nitrogens with one attached hydrogen (secondary N) is 2. The van der Waals surface area contributed by atoms with Gasteiger partial charge in [0, 0.05) is 29.6 Å². The molecule has 6 heteroatoms. The van der Waals surface area contributed by atoms with Crippen molar-refractivity contribution in [1.29, 1.82) is 0 Å². The molecule has 0 aliphatic heterocycles. The fraction of sp³-hybridized carbons (Fsp3) is 0.286. The summed E-state index contributed by atoms with van der Waals surface area (Å²) < 4.78 is 0. The smallest absolute Gasteiger partial charge is 0.326 e. The number of hydrogen-bond donors (Lipinski definition) is 4. The van der Waals surface area contributed by atoms with Crippen molar-refractivity contribution in [2.75, 3.05) is 6.61 Å². The molecule has 0 spiro atoms. The summed E-state index contributed by atoms with van der Waals surface area (Å²) in [6, 6.07) is 6.22. The summed E-state index contributed by atoms with van der Waals surface area (Å²) in [6.07, 6.45) is -0.0253. The second kappa shape index (κ2) is 5.75. The fourth-order valence-electron chi connectivity index (χ4n) is 2.19. The van der Waals surface area contributed by atoms with Crippen LogP contribution in [0.3, 0.4) is 0 Å². The zero-order chi connectivity index (χ0) is 14.7. The molecule has 0 unspecified atom stereocenters. The van der Waals surface area contributed by atoms with Crippen molar-refractivity contribution in [3.8, 4) is 0 Å². The molecule has 0 saturated carbocycles. The molecule has 0 fully saturated rings. The summed E-state index contributed by atoms with van der Waals surface area (Å²) in [6.45, 7) is 1.46. The molecule has 1 atom stereocenters. The van der Waals surface area contributed by atoms with Crippen molar-refractivity contribution < 1.29 is 19.8 Å². The van der Waals surface area contributed by atoms with Crippen LogP contribution in [0.5, 0.6) is 0 Å². The average molecular weight is 276 g/mol. The fourth-order valence-corrected chi connectivity index (χ4v) is 2.19. The number of carbonyl (C=O) groups excluding carboxylic acids is 1. The Morgan fingerprint density at radius 2 is 2.05 bits per heavy atom. The van der Waals surface area contributed by atoms with Gasteiger partial charge >= 0.3 is 5.97 Å². The topological polar surface area (TPSA) is 102 Å². The van der Waals surface area contributed by atoms with Crippen molar-refractivity contribution in [1.82, 2.24) is 10.3 Å². The molecule has 0 bridgehead atoms. The van der Waals surface area contributed by atoms with Crippen molar-refractivity contribution in [2.24, 2.45) is 0 Å². The van der Waals surface area contributed by atoms with E-state index in [1.165, 1.54) is 0 Å². The molecule has 6 nitrogen and oxygen atoms in total. The Balaban J connectivity index is 2.31. The first-order valence-electron chi connectivity index (χ1n) is 6.26. The van der Waals surface area contributed by atoms with Gasteiger partial charge in [-0.05, 0) is 13.0 Å².